The van der Waals surface area contributed by atoms with Crippen molar-refractivity contribution in [1.29, 1.82) is 0 Å². The lowest BCUT2D eigenvalue weighted by Crippen LogP contribution is -2.09. The van der Waals surface area contributed by atoms with Crippen LogP contribution in [0.15, 0.2) is 63.0 Å². The minimum absolute atomic E-state index is 0.181. The van der Waals surface area contributed by atoms with Gasteiger partial charge in [-0.15, -0.1) is 0 Å². The Balaban J connectivity index is 1.76. The van der Waals surface area contributed by atoms with Gasteiger partial charge in [-0.25, -0.2) is 4.98 Å². The van der Waals surface area contributed by atoms with Gasteiger partial charge in [0.25, 0.3) is 5.56 Å². The smallest absolute Gasteiger partial charge is 0.271 e. The van der Waals surface area contributed by atoms with Crippen LogP contribution in [-0.4, -0.2) is 21.6 Å². The van der Waals surface area contributed by atoms with Crippen molar-refractivity contribution in [3.8, 4) is 11.4 Å². The molecule has 0 aliphatic heterocycles. The number of H-pyrrole nitrogens is 1. The van der Waals surface area contributed by atoms with Gasteiger partial charge in [0, 0.05) is 16.3 Å². The van der Waals surface area contributed by atoms with Crippen LogP contribution in [0.4, 0.5) is 0 Å². The lowest BCUT2D eigenvalue weighted by atomic mass is 10.2. The highest BCUT2D eigenvalue weighted by atomic mass is 79.9. The van der Waals surface area contributed by atoms with Crippen LogP contribution in [-0.2, 0) is 5.75 Å². The number of nitrogens with one attached hydrogen (secondary N) is 1. The van der Waals surface area contributed by atoms with E-state index in [-0.39, 0.29) is 5.56 Å². The third-order valence-corrected chi connectivity index (χ3v) is 6.80. The van der Waals surface area contributed by atoms with E-state index in [0.29, 0.717) is 31.0 Å². The molecule has 2 heterocycles. The predicted molar refractivity (Wildman–Crippen MR) is 121 cm³/mol. The zero-order valence-corrected chi connectivity index (χ0v) is 18.7. The second-order valence-electron chi connectivity index (χ2n) is 5.85. The van der Waals surface area contributed by atoms with Gasteiger partial charge in [0.05, 0.1) is 12.8 Å². The molecule has 4 aromatic rings. The Hall–Kier alpha value is -1.94. The fourth-order valence-electron chi connectivity index (χ4n) is 2.72. The van der Waals surface area contributed by atoms with Gasteiger partial charge < -0.3 is 9.72 Å². The van der Waals surface area contributed by atoms with Crippen molar-refractivity contribution in [3.63, 3.8) is 0 Å². The van der Waals surface area contributed by atoms with E-state index in [0.717, 1.165) is 15.7 Å². The molecular weight excluding hydrogens is 478 g/mol. The number of benzene rings is 2. The summed E-state index contributed by atoms with van der Waals surface area (Å²) in [6.45, 7) is 0. The van der Waals surface area contributed by atoms with E-state index >= 15 is 0 Å². The highest BCUT2D eigenvalue weighted by Crippen LogP contribution is 2.27. The summed E-state index contributed by atoms with van der Waals surface area (Å²) >= 11 is 11.7. The summed E-state index contributed by atoms with van der Waals surface area (Å²) in [6, 6.07) is 15.6. The third kappa shape index (κ3) is 3.93. The van der Waals surface area contributed by atoms with Crippen molar-refractivity contribution in [3.05, 3.63) is 72.9 Å². The standard InChI is InChI=1S/C19H14BrN3O2S3/c1-25-14-7-3-6-13(9-14)23-16-15(28-19(23)26)17(24)22-18(21-16)27-10-11-4-2-5-12(20)8-11/h2-9H,10H2,1H3,(H,21,22,24). The minimum Gasteiger partial charge on any atom is -0.497 e. The molecule has 142 valence electrons. The molecule has 0 saturated carbocycles. The van der Waals surface area contributed by atoms with Gasteiger partial charge in [-0.05, 0) is 42.0 Å². The van der Waals surface area contributed by atoms with Crippen molar-refractivity contribution < 1.29 is 4.74 Å². The Morgan fingerprint density at radius 1 is 1.29 bits per heavy atom. The quantitative estimate of drug-likeness (QED) is 0.224. The van der Waals surface area contributed by atoms with Crippen molar-refractivity contribution in [2.75, 3.05) is 7.11 Å². The van der Waals surface area contributed by atoms with Gasteiger partial charge in [-0.2, -0.15) is 0 Å². The maximum Gasteiger partial charge on any atom is 0.271 e. The molecule has 9 heteroatoms. The number of nitrogens with zero attached hydrogens (tertiary/aromatic N) is 2. The molecule has 0 radical (unpaired) electrons. The van der Waals surface area contributed by atoms with E-state index in [4.69, 9.17) is 17.0 Å². The first-order valence-corrected chi connectivity index (χ1v) is 11.2. The van der Waals surface area contributed by atoms with Gasteiger partial charge >= 0.3 is 0 Å². The number of methoxy groups -OCH3 is 1. The first kappa shape index (κ1) is 19.4. The average molecular weight is 492 g/mol. The first-order chi connectivity index (χ1) is 13.5. The highest BCUT2D eigenvalue weighted by Gasteiger charge is 2.14. The van der Waals surface area contributed by atoms with E-state index in [1.165, 1.54) is 23.1 Å². The molecule has 0 spiro atoms. The summed E-state index contributed by atoms with van der Waals surface area (Å²) in [4.78, 5) is 20.1. The van der Waals surface area contributed by atoms with E-state index in [1.807, 2.05) is 53.1 Å². The number of thiazole rings is 1. The van der Waals surface area contributed by atoms with E-state index in [1.54, 1.807) is 7.11 Å². The van der Waals surface area contributed by atoms with Crippen LogP contribution >= 0.6 is 51.2 Å². The van der Waals surface area contributed by atoms with Crippen LogP contribution in [0.25, 0.3) is 16.0 Å². The number of hydrogen-bond donors (Lipinski definition) is 1. The Bertz CT molecular complexity index is 1280. The fraction of sp³-hybridized carbons (Fsp3) is 0.105. The highest BCUT2D eigenvalue weighted by molar-refractivity contribution is 9.10. The molecule has 1 N–H and O–H groups in total. The van der Waals surface area contributed by atoms with Gasteiger partial charge in [0.2, 0.25) is 0 Å². The molecule has 0 saturated heterocycles. The van der Waals surface area contributed by atoms with Crippen LogP contribution in [0.5, 0.6) is 5.75 Å². The summed E-state index contributed by atoms with van der Waals surface area (Å²) in [7, 11) is 1.61. The van der Waals surface area contributed by atoms with Crippen LogP contribution in [0, 0.1) is 3.95 Å². The van der Waals surface area contributed by atoms with E-state index in [9.17, 15) is 4.79 Å². The minimum atomic E-state index is -0.181. The van der Waals surface area contributed by atoms with Crippen LogP contribution in [0.3, 0.4) is 0 Å². The molecule has 5 nitrogen and oxygen atoms in total. The summed E-state index contributed by atoms with van der Waals surface area (Å²) in [5, 5.41) is 0.557. The molecule has 0 bridgehead atoms. The average Bonchev–Trinajstić information content (AvgIpc) is 3.03. The number of ether oxygens (including phenoxy) is 1. The van der Waals surface area contributed by atoms with Gasteiger partial charge in [0.15, 0.2) is 14.8 Å². The van der Waals surface area contributed by atoms with Crippen LogP contribution < -0.4 is 10.3 Å². The Labute approximate surface area is 182 Å². The molecule has 0 amide bonds. The second-order valence-corrected chi connectivity index (χ2v) is 9.37. The molecule has 2 aromatic heterocycles. The van der Waals surface area contributed by atoms with E-state index < -0.39 is 0 Å². The number of hydrogen-bond acceptors (Lipinski definition) is 6. The third-order valence-electron chi connectivity index (χ3n) is 4.00. The summed E-state index contributed by atoms with van der Waals surface area (Å²) < 4.78 is 9.22. The van der Waals surface area contributed by atoms with Crippen molar-refractivity contribution in [1.82, 2.24) is 14.5 Å². The van der Waals surface area contributed by atoms with Gasteiger partial charge in [-0.3, -0.25) is 9.36 Å². The number of aromatic amines is 1. The normalized spacial score (nSPS) is 11.1. The molecule has 28 heavy (non-hydrogen) atoms. The second kappa shape index (κ2) is 8.20. The number of rotatable bonds is 5. The molecule has 2 aromatic carbocycles. The number of aromatic nitrogens is 3. The molecule has 0 atom stereocenters. The number of thioether (sulfide) groups is 1. The first-order valence-electron chi connectivity index (χ1n) is 8.22. The zero-order valence-electron chi connectivity index (χ0n) is 14.6. The van der Waals surface area contributed by atoms with E-state index in [2.05, 4.69) is 25.9 Å². The molecule has 4 rings (SSSR count). The monoisotopic (exact) mass is 491 g/mol. The topological polar surface area (TPSA) is 59.9 Å². The van der Waals surface area contributed by atoms with Gasteiger partial charge in [-0.1, -0.05) is 57.2 Å². The Morgan fingerprint density at radius 2 is 2.11 bits per heavy atom. The molecular formula is C19H14BrN3O2S3. The summed E-state index contributed by atoms with van der Waals surface area (Å²) in [5.74, 6) is 1.41. The molecule has 0 fully saturated rings. The predicted octanol–water partition coefficient (Wildman–Crippen LogP) is 5.57. The number of halogens is 1. The van der Waals surface area contributed by atoms with Crippen molar-refractivity contribution in [2.45, 2.75) is 10.9 Å². The SMILES string of the molecule is COc1cccc(-n2c(=S)sc3c(=O)[nH]c(SCc4cccc(Br)c4)nc32)c1. The largest absolute Gasteiger partial charge is 0.497 e. The van der Waals surface area contributed by atoms with Crippen LogP contribution in [0.1, 0.15) is 5.56 Å². The lowest BCUT2D eigenvalue weighted by Gasteiger charge is -2.07. The zero-order chi connectivity index (χ0) is 19.7. The van der Waals surface area contributed by atoms with Crippen LogP contribution in [0.2, 0.25) is 0 Å². The summed E-state index contributed by atoms with van der Waals surface area (Å²) in [5.41, 5.74) is 2.33. The van der Waals surface area contributed by atoms with Crippen molar-refractivity contribution >= 4 is 61.6 Å². The lowest BCUT2D eigenvalue weighted by molar-refractivity contribution is 0.414. The maximum atomic E-state index is 12.6. The summed E-state index contributed by atoms with van der Waals surface area (Å²) in [6.07, 6.45) is 0. The Kier molecular flexibility index (Phi) is 5.68. The van der Waals surface area contributed by atoms with Gasteiger partial charge in [0.1, 0.15) is 10.4 Å². The molecule has 0 unspecified atom stereocenters. The molecule has 0 aliphatic rings. The maximum absolute atomic E-state index is 12.6. The number of fused-ring (bicyclic) bond motifs is 1. The molecule has 0 aliphatic carbocycles. The Morgan fingerprint density at radius 3 is 2.89 bits per heavy atom. The van der Waals surface area contributed by atoms with Crippen molar-refractivity contribution in [2.24, 2.45) is 0 Å². The fourth-order valence-corrected chi connectivity index (χ4v) is 5.23.